The molecule has 21 heavy (non-hydrogen) atoms. The van der Waals surface area contributed by atoms with E-state index in [0.29, 0.717) is 23.7 Å². The van der Waals surface area contributed by atoms with Gasteiger partial charge in [0.2, 0.25) is 0 Å². The molecule has 5 N–H and O–H groups in total. The summed E-state index contributed by atoms with van der Waals surface area (Å²) in [6, 6.07) is 7.03. The summed E-state index contributed by atoms with van der Waals surface area (Å²) in [4.78, 5) is 22.6. The predicted molar refractivity (Wildman–Crippen MR) is 80.1 cm³/mol. The third-order valence-electron chi connectivity index (χ3n) is 3.93. The van der Waals surface area contributed by atoms with Crippen LogP contribution in [0.1, 0.15) is 36.0 Å². The highest BCUT2D eigenvalue weighted by Gasteiger charge is 2.22. The van der Waals surface area contributed by atoms with Gasteiger partial charge in [0.15, 0.2) is 0 Å². The van der Waals surface area contributed by atoms with Crippen molar-refractivity contribution in [3.05, 3.63) is 29.8 Å². The lowest BCUT2D eigenvalue weighted by molar-refractivity contribution is 0.0943. The van der Waals surface area contributed by atoms with Crippen molar-refractivity contribution in [2.45, 2.75) is 31.7 Å². The number of para-hydroxylation sites is 1. The number of rotatable bonds is 4. The molecule has 1 aliphatic carbocycles. The van der Waals surface area contributed by atoms with Gasteiger partial charge in [-0.1, -0.05) is 12.1 Å². The Morgan fingerprint density at radius 2 is 1.86 bits per heavy atom. The summed E-state index contributed by atoms with van der Waals surface area (Å²) in [6.07, 6.45) is 2.50. The average Bonchev–Trinajstić information content (AvgIpc) is 2.46. The van der Waals surface area contributed by atoms with Crippen molar-refractivity contribution in [1.29, 1.82) is 0 Å². The highest BCUT2D eigenvalue weighted by Crippen LogP contribution is 2.23. The van der Waals surface area contributed by atoms with E-state index < -0.39 is 6.09 Å². The van der Waals surface area contributed by atoms with E-state index in [9.17, 15) is 9.59 Å². The van der Waals surface area contributed by atoms with Crippen LogP contribution >= 0.6 is 0 Å². The summed E-state index contributed by atoms with van der Waals surface area (Å²) < 4.78 is 0. The van der Waals surface area contributed by atoms with Crippen LogP contribution in [-0.4, -0.2) is 29.7 Å². The molecule has 1 aromatic carbocycles. The SMILES string of the molecule is Nc1ccccc1C(=O)NC[C@H]1CC[C@H](NC(=O)O)CC1. The van der Waals surface area contributed by atoms with Crippen molar-refractivity contribution in [1.82, 2.24) is 10.6 Å². The first-order valence-corrected chi connectivity index (χ1v) is 7.18. The Kier molecular flexibility index (Phi) is 5.03. The van der Waals surface area contributed by atoms with Gasteiger partial charge in [-0.2, -0.15) is 0 Å². The van der Waals surface area contributed by atoms with Crippen LogP contribution in [0.5, 0.6) is 0 Å². The summed E-state index contributed by atoms with van der Waals surface area (Å²) >= 11 is 0. The number of carboxylic acid groups (broad SMARTS) is 1. The van der Waals surface area contributed by atoms with Crippen molar-refractivity contribution in [2.75, 3.05) is 12.3 Å². The van der Waals surface area contributed by atoms with Crippen molar-refractivity contribution in [2.24, 2.45) is 5.92 Å². The largest absolute Gasteiger partial charge is 0.465 e. The number of hydrogen-bond acceptors (Lipinski definition) is 3. The number of benzene rings is 1. The van der Waals surface area contributed by atoms with Crippen molar-refractivity contribution in [3.8, 4) is 0 Å². The number of hydrogen-bond donors (Lipinski definition) is 4. The molecule has 1 aliphatic rings. The van der Waals surface area contributed by atoms with Gasteiger partial charge in [0.1, 0.15) is 0 Å². The topological polar surface area (TPSA) is 104 Å². The minimum Gasteiger partial charge on any atom is -0.465 e. The predicted octanol–water partition coefficient (Wildman–Crippen LogP) is 1.82. The molecular formula is C15H21N3O3. The molecule has 0 bridgehead atoms. The molecule has 0 radical (unpaired) electrons. The third-order valence-corrected chi connectivity index (χ3v) is 3.93. The van der Waals surface area contributed by atoms with Crippen LogP contribution in [-0.2, 0) is 0 Å². The van der Waals surface area contributed by atoms with Crippen LogP contribution in [0.15, 0.2) is 24.3 Å². The second-order valence-electron chi connectivity index (χ2n) is 5.46. The fourth-order valence-corrected chi connectivity index (χ4v) is 2.72. The van der Waals surface area contributed by atoms with Gasteiger partial charge >= 0.3 is 6.09 Å². The Morgan fingerprint density at radius 3 is 2.48 bits per heavy atom. The van der Waals surface area contributed by atoms with E-state index in [1.54, 1.807) is 24.3 Å². The maximum atomic E-state index is 12.0. The van der Waals surface area contributed by atoms with Gasteiger partial charge in [-0.15, -0.1) is 0 Å². The van der Waals surface area contributed by atoms with E-state index in [-0.39, 0.29) is 11.9 Å². The molecule has 6 nitrogen and oxygen atoms in total. The summed E-state index contributed by atoms with van der Waals surface area (Å²) in [5.41, 5.74) is 6.75. The summed E-state index contributed by atoms with van der Waals surface area (Å²) in [5.74, 6) is 0.240. The summed E-state index contributed by atoms with van der Waals surface area (Å²) in [7, 11) is 0. The zero-order chi connectivity index (χ0) is 15.2. The van der Waals surface area contributed by atoms with E-state index in [0.717, 1.165) is 25.7 Å². The number of amides is 2. The Balaban J connectivity index is 1.76. The lowest BCUT2D eigenvalue weighted by Crippen LogP contribution is -2.39. The first-order valence-electron chi connectivity index (χ1n) is 7.18. The molecular weight excluding hydrogens is 270 g/mol. The van der Waals surface area contributed by atoms with Crippen LogP contribution in [0.3, 0.4) is 0 Å². The van der Waals surface area contributed by atoms with Crippen molar-refractivity contribution in [3.63, 3.8) is 0 Å². The van der Waals surface area contributed by atoms with Crippen LogP contribution in [0.4, 0.5) is 10.5 Å². The molecule has 114 valence electrons. The third kappa shape index (κ3) is 4.37. The number of nitrogen functional groups attached to an aromatic ring is 1. The van der Waals surface area contributed by atoms with Gasteiger partial charge < -0.3 is 21.5 Å². The second-order valence-corrected chi connectivity index (χ2v) is 5.46. The summed E-state index contributed by atoms with van der Waals surface area (Å²) in [6.45, 7) is 0.604. The van der Waals surface area contributed by atoms with E-state index in [1.807, 2.05) is 0 Å². The molecule has 0 heterocycles. The van der Waals surface area contributed by atoms with Gasteiger partial charge in [0, 0.05) is 18.3 Å². The summed E-state index contributed by atoms with van der Waals surface area (Å²) in [5, 5.41) is 14.1. The molecule has 0 aliphatic heterocycles. The van der Waals surface area contributed by atoms with Gasteiger partial charge in [0.25, 0.3) is 5.91 Å². The Labute approximate surface area is 123 Å². The van der Waals surface area contributed by atoms with Crippen molar-refractivity contribution >= 4 is 17.7 Å². The smallest absolute Gasteiger partial charge is 0.404 e. The maximum absolute atomic E-state index is 12.0. The molecule has 0 atom stereocenters. The van der Waals surface area contributed by atoms with Gasteiger partial charge in [-0.3, -0.25) is 4.79 Å². The van der Waals surface area contributed by atoms with E-state index in [4.69, 9.17) is 10.8 Å². The standard InChI is InChI=1S/C15H21N3O3/c16-13-4-2-1-3-12(13)14(19)17-9-10-5-7-11(8-6-10)18-15(20)21/h1-4,10-11,18H,5-9,16H2,(H,17,19)(H,20,21)/t10-,11-. The van der Waals surface area contributed by atoms with Crippen LogP contribution < -0.4 is 16.4 Å². The molecule has 0 spiro atoms. The monoisotopic (exact) mass is 291 g/mol. The zero-order valence-electron chi connectivity index (χ0n) is 11.8. The lowest BCUT2D eigenvalue weighted by atomic mass is 9.86. The van der Waals surface area contributed by atoms with Gasteiger partial charge in [-0.25, -0.2) is 4.79 Å². The van der Waals surface area contributed by atoms with E-state index in [2.05, 4.69) is 10.6 Å². The van der Waals surface area contributed by atoms with Gasteiger partial charge in [-0.05, 0) is 43.7 Å². The molecule has 1 saturated carbocycles. The number of nitrogens with one attached hydrogen (secondary N) is 2. The number of carbonyl (C=O) groups is 2. The molecule has 0 saturated heterocycles. The molecule has 2 amide bonds. The quantitative estimate of drug-likeness (QED) is 0.635. The molecule has 1 aromatic rings. The minimum absolute atomic E-state index is 0.0409. The normalized spacial score (nSPS) is 21.5. The van der Waals surface area contributed by atoms with Crippen LogP contribution in [0, 0.1) is 5.92 Å². The first kappa shape index (κ1) is 15.2. The second kappa shape index (κ2) is 6.97. The fraction of sp³-hybridized carbons (Fsp3) is 0.467. The van der Waals surface area contributed by atoms with E-state index >= 15 is 0 Å². The number of anilines is 1. The number of carbonyl (C=O) groups excluding carboxylic acids is 1. The maximum Gasteiger partial charge on any atom is 0.404 e. The zero-order valence-corrected chi connectivity index (χ0v) is 11.8. The molecule has 6 heteroatoms. The number of nitrogens with two attached hydrogens (primary N) is 1. The lowest BCUT2D eigenvalue weighted by Gasteiger charge is -2.28. The Bertz CT molecular complexity index is 511. The van der Waals surface area contributed by atoms with Crippen LogP contribution in [0.2, 0.25) is 0 Å². The highest BCUT2D eigenvalue weighted by atomic mass is 16.4. The van der Waals surface area contributed by atoms with Crippen LogP contribution in [0.25, 0.3) is 0 Å². The molecule has 0 unspecified atom stereocenters. The van der Waals surface area contributed by atoms with E-state index in [1.165, 1.54) is 0 Å². The molecule has 2 rings (SSSR count). The average molecular weight is 291 g/mol. The van der Waals surface area contributed by atoms with Gasteiger partial charge in [0.05, 0.1) is 5.56 Å². The Morgan fingerprint density at radius 1 is 1.19 bits per heavy atom. The minimum atomic E-state index is -0.966. The van der Waals surface area contributed by atoms with Crippen molar-refractivity contribution < 1.29 is 14.7 Å². The fourth-order valence-electron chi connectivity index (χ4n) is 2.72. The molecule has 1 fully saturated rings. The Hall–Kier alpha value is -2.24. The molecule has 0 aromatic heterocycles. The highest BCUT2D eigenvalue weighted by molar-refractivity contribution is 5.99. The first-order chi connectivity index (χ1) is 10.1.